The largest absolute Gasteiger partial charge is 0.261 e. The molecule has 0 amide bonds. The number of hydrogen-bond acceptors (Lipinski definition) is 1. The first kappa shape index (κ1) is 10.1. The van der Waals surface area contributed by atoms with E-state index in [4.69, 9.17) is 0 Å². The Kier molecular flexibility index (Phi) is 3.34. The molecular weight excluding hydrogens is 172 g/mol. The van der Waals surface area contributed by atoms with E-state index in [0.717, 1.165) is 5.69 Å². The van der Waals surface area contributed by atoms with Crippen LogP contribution in [0.4, 0.5) is 8.78 Å². The molecule has 0 atom stereocenters. The van der Waals surface area contributed by atoms with Gasteiger partial charge < -0.3 is 0 Å². The highest BCUT2D eigenvalue weighted by Gasteiger charge is 2.06. The molecular formula is C10H13F2N. The second kappa shape index (κ2) is 4.30. The summed E-state index contributed by atoms with van der Waals surface area (Å²) in [7, 11) is 0. The molecule has 0 aliphatic carbocycles. The zero-order chi connectivity index (χ0) is 9.84. The zero-order valence-electron chi connectivity index (χ0n) is 7.80. The molecule has 72 valence electrons. The summed E-state index contributed by atoms with van der Waals surface area (Å²) >= 11 is 0. The summed E-state index contributed by atoms with van der Waals surface area (Å²) < 4.78 is 24.1. The van der Waals surface area contributed by atoms with Crippen LogP contribution in [-0.4, -0.2) is 11.4 Å². The van der Waals surface area contributed by atoms with Crippen LogP contribution in [0.2, 0.25) is 0 Å². The highest BCUT2D eigenvalue weighted by Crippen LogP contribution is 2.14. The molecule has 1 nitrogen and oxygen atoms in total. The molecule has 0 radical (unpaired) electrons. The summed E-state index contributed by atoms with van der Waals surface area (Å²) in [5.74, 6) is 0.289. The van der Waals surface area contributed by atoms with Gasteiger partial charge in [0.05, 0.1) is 0 Å². The predicted molar refractivity (Wildman–Crippen MR) is 48.0 cm³/mol. The van der Waals surface area contributed by atoms with Gasteiger partial charge in [-0.2, -0.15) is 0 Å². The number of hydrogen-bond donors (Lipinski definition) is 0. The number of halogens is 2. The predicted octanol–water partition coefficient (Wildman–Crippen LogP) is 3.01. The van der Waals surface area contributed by atoms with Gasteiger partial charge in [0, 0.05) is 18.3 Å². The van der Waals surface area contributed by atoms with Crippen molar-refractivity contribution in [1.82, 2.24) is 4.98 Å². The molecule has 0 aliphatic heterocycles. The average molecular weight is 185 g/mol. The minimum absolute atomic E-state index is 0.178. The molecule has 3 heteroatoms. The van der Waals surface area contributed by atoms with Crippen molar-refractivity contribution in [3.63, 3.8) is 0 Å². The monoisotopic (exact) mass is 185 g/mol. The normalized spacial score (nSPS) is 11.2. The third-order valence-electron chi connectivity index (χ3n) is 1.83. The Morgan fingerprint density at radius 1 is 1.38 bits per heavy atom. The van der Waals surface area contributed by atoms with Crippen molar-refractivity contribution >= 4 is 0 Å². The lowest BCUT2D eigenvalue weighted by Crippen LogP contribution is -1.99. The van der Waals surface area contributed by atoms with Crippen LogP contribution in [0.25, 0.3) is 0 Å². The van der Waals surface area contributed by atoms with Gasteiger partial charge in [-0.1, -0.05) is 13.8 Å². The van der Waals surface area contributed by atoms with Crippen molar-refractivity contribution in [1.29, 1.82) is 0 Å². The standard InChI is InChI=1S/C10H13F2N/c1-7(2)9-5-8(3-4-13-9)6-10(11)12/h3-5,7,10H,6H2,1-2H3. The van der Waals surface area contributed by atoms with Crippen LogP contribution < -0.4 is 0 Å². The lowest BCUT2D eigenvalue weighted by Gasteiger charge is -2.06. The van der Waals surface area contributed by atoms with Gasteiger partial charge in [0.1, 0.15) is 0 Å². The van der Waals surface area contributed by atoms with Crippen LogP contribution in [0.5, 0.6) is 0 Å². The van der Waals surface area contributed by atoms with Crippen LogP contribution in [-0.2, 0) is 6.42 Å². The summed E-state index contributed by atoms with van der Waals surface area (Å²) in [4.78, 5) is 4.10. The first-order valence-corrected chi connectivity index (χ1v) is 4.32. The Bertz CT molecular complexity index is 271. The lowest BCUT2D eigenvalue weighted by atomic mass is 10.1. The number of rotatable bonds is 3. The number of alkyl halides is 2. The summed E-state index contributed by atoms with van der Waals surface area (Å²) in [6, 6.07) is 3.38. The molecule has 13 heavy (non-hydrogen) atoms. The average Bonchev–Trinajstić information content (AvgIpc) is 2.03. The molecule has 0 aliphatic rings. The van der Waals surface area contributed by atoms with Crippen LogP contribution in [0.1, 0.15) is 31.0 Å². The fourth-order valence-electron chi connectivity index (χ4n) is 1.12. The van der Waals surface area contributed by atoms with Crippen molar-refractivity contribution in [2.45, 2.75) is 32.6 Å². The van der Waals surface area contributed by atoms with Gasteiger partial charge >= 0.3 is 0 Å². The van der Waals surface area contributed by atoms with Crippen molar-refractivity contribution < 1.29 is 8.78 Å². The molecule has 0 aromatic carbocycles. The van der Waals surface area contributed by atoms with Crippen molar-refractivity contribution in [2.24, 2.45) is 0 Å². The second-order valence-electron chi connectivity index (χ2n) is 3.34. The Hall–Kier alpha value is -0.990. The summed E-state index contributed by atoms with van der Waals surface area (Å²) in [6.45, 7) is 3.99. The molecule has 0 saturated carbocycles. The SMILES string of the molecule is CC(C)c1cc(CC(F)F)ccn1. The minimum atomic E-state index is -2.28. The van der Waals surface area contributed by atoms with E-state index >= 15 is 0 Å². The first-order chi connectivity index (χ1) is 6.09. The molecule has 0 N–H and O–H groups in total. The van der Waals surface area contributed by atoms with E-state index in [1.165, 1.54) is 0 Å². The third kappa shape index (κ3) is 3.09. The zero-order valence-corrected chi connectivity index (χ0v) is 7.80. The van der Waals surface area contributed by atoms with Gasteiger partial charge in [-0.05, 0) is 23.6 Å². The molecule has 0 spiro atoms. The van der Waals surface area contributed by atoms with Gasteiger partial charge in [0.15, 0.2) is 0 Å². The van der Waals surface area contributed by atoms with Crippen LogP contribution >= 0.6 is 0 Å². The van der Waals surface area contributed by atoms with E-state index in [1.54, 1.807) is 18.3 Å². The smallest absolute Gasteiger partial charge is 0.242 e. The van der Waals surface area contributed by atoms with E-state index < -0.39 is 6.43 Å². The first-order valence-electron chi connectivity index (χ1n) is 4.32. The Morgan fingerprint density at radius 3 is 2.62 bits per heavy atom. The number of nitrogens with zero attached hydrogens (tertiary/aromatic N) is 1. The van der Waals surface area contributed by atoms with Crippen LogP contribution in [0.3, 0.4) is 0 Å². The van der Waals surface area contributed by atoms with Crippen LogP contribution in [0.15, 0.2) is 18.3 Å². The summed E-state index contributed by atoms with van der Waals surface area (Å²) in [5.41, 5.74) is 1.53. The van der Waals surface area contributed by atoms with E-state index in [9.17, 15) is 8.78 Å². The van der Waals surface area contributed by atoms with Crippen LogP contribution in [0, 0.1) is 0 Å². The third-order valence-corrected chi connectivity index (χ3v) is 1.83. The maximum absolute atomic E-state index is 12.0. The maximum atomic E-state index is 12.0. The molecule has 1 aromatic heterocycles. The Morgan fingerprint density at radius 2 is 2.08 bits per heavy atom. The van der Waals surface area contributed by atoms with Gasteiger partial charge in [-0.25, -0.2) is 8.78 Å². The minimum Gasteiger partial charge on any atom is -0.261 e. The van der Waals surface area contributed by atoms with Gasteiger partial charge in [-0.15, -0.1) is 0 Å². The van der Waals surface area contributed by atoms with Gasteiger partial charge in [-0.3, -0.25) is 4.98 Å². The van der Waals surface area contributed by atoms with Crippen molar-refractivity contribution in [3.8, 4) is 0 Å². The topological polar surface area (TPSA) is 12.9 Å². The summed E-state index contributed by atoms with van der Waals surface area (Å²) in [5, 5.41) is 0. The molecule has 1 heterocycles. The quantitative estimate of drug-likeness (QED) is 0.705. The van der Waals surface area contributed by atoms with E-state index in [2.05, 4.69) is 4.98 Å². The highest BCUT2D eigenvalue weighted by atomic mass is 19.3. The number of aromatic nitrogens is 1. The van der Waals surface area contributed by atoms with Crippen molar-refractivity contribution in [2.75, 3.05) is 0 Å². The molecule has 0 saturated heterocycles. The number of pyridine rings is 1. The second-order valence-corrected chi connectivity index (χ2v) is 3.34. The Labute approximate surface area is 76.8 Å². The molecule has 0 bridgehead atoms. The fourth-order valence-corrected chi connectivity index (χ4v) is 1.12. The molecule has 0 unspecified atom stereocenters. The summed E-state index contributed by atoms with van der Waals surface area (Å²) in [6.07, 6.45) is -0.864. The Balaban J connectivity index is 2.79. The maximum Gasteiger partial charge on any atom is 0.242 e. The van der Waals surface area contributed by atoms with Crippen molar-refractivity contribution in [3.05, 3.63) is 29.6 Å². The lowest BCUT2D eigenvalue weighted by molar-refractivity contribution is 0.149. The van der Waals surface area contributed by atoms with E-state index in [0.29, 0.717) is 5.56 Å². The molecule has 0 fully saturated rings. The van der Waals surface area contributed by atoms with Gasteiger partial charge in [0.25, 0.3) is 0 Å². The van der Waals surface area contributed by atoms with E-state index in [-0.39, 0.29) is 12.3 Å². The highest BCUT2D eigenvalue weighted by molar-refractivity contribution is 5.18. The van der Waals surface area contributed by atoms with Gasteiger partial charge in [0.2, 0.25) is 6.43 Å². The molecule has 1 rings (SSSR count). The fraction of sp³-hybridized carbons (Fsp3) is 0.500. The molecule has 1 aromatic rings. The van der Waals surface area contributed by atoms with E-state index in [1.807, 2.05) is 13.8 Å².